The largest absolute Gasteiger partial charge is 0.367 e. The van der Waals surface area contributed by atoms with Crippen molar-refractivity contribution in [2.24, 2.45) is 5.73 Å². The van der Waals surface area contributed by atoms with Gasteiger partial charge < -0.3 is 15.5 Å². The Morgan fingerprint density at radius 1 is 0.971 bits per heavy atom. The Labute approximate surface area is 213 Å². The highest BCUT2D eigenvalue weighted by molar-refractivity contribution is 6.33. The average Bonchev–Trinajstić information content (AvgIpc) is 3.20. The van der Waals surface area contributed by atoms with Gasteiger partial charge in [0.2, 0.25) is 0 Å². The van der Waals surface area contributed by atoms with Crippen molar-refractivity contribution in [3.63, 3.8) is 0 Å². The third-order valence-electron chi connectivity index (χ3n) is 7.00. The number of carbonyl (C=O) groups excluding carboxylic acids is 1. The SMILES string of the molecule is CCCCc1cc2c(c(N3CCN(c4ccccc4Cl)CC3)c1C(N)=O)Cc1ccccc1-2.Cl. The van der Waals surface area contributed by atoms with Crippen LogP contribution in [0.15, 0.2) is 54.6 Å². The van der Waals surface area contributed by atoms with Gasteiger partial charge in [0.05, 0.1) is 22.0 Å². The van der Waals surface area contributed by atoms with Gasteiger partial charge in [-0.05, 0) is 58.9 Å². The number of fused-ring (bicyclic) bond motifs is 3. The summed E-state index contributed by atoms with van der Waals surface area (Å²) in [6.45, 7) is 5.53. The molecule has 0 spiro atoms. The van der Waals surface area contributed by atoms with Crippen LogP contribution in [0.2, 0.25) is 5.02 Å². The van der Waals surface area contributed by atoms with E-state index in [-0.39, 0.29) is 18.3 Å². The molecule has 2 N–H and O–H groups in total. The van der Waals surface area contributed by atoms with Gasteiger partial charge in [-0.1, -0.05) is 61.3 Å². The summed E-state index contributed by atoms with van der Waals surface area (Å²) >= 11 is 6.46. The number of primary amides is 1. The first-order valence-corrected chi connectivity index (χ1v) is 12.3. The van der Waals surface area contributed by atoms with Gasteiger partial charge in [-0.2, -0.15) is 0 Å². The van der Waals surface area contributed by atoms with E-state index >= 15 is 0 Å². The zero-order valence-electron chi connectivity index (χ0n) is 19.5. The molecule has 0 bridgehead atoms. The molecule has 3 aromatic rings. The molecule has 0 radical (unpaired) electrons. The summed E-state index contributed by atoms with van der Waals surface area (Å²) < 4.78 is 0. The van der Waals surface area contributed by atoms with E-state index in [1.807, 2.05) is 18.2 Å². The smallest absolute Gasteiger partial charge is 0.251 e. The molecule has 0 atom stereocenters. The number of amides is 1. The molecule has 0 aromatic heterocycles. The highest BCUT2D eigenvalue weighted by Crippen LogP contribution is 2.45. The first-order chi connectivity index (χ1) is 16.1. The Morgan fingerprint density at radius 3 is 2.35 bits per heavy atom. The van der Waals surface area contributed by atoms with E-state index < -0.39 is 0 Å². The molecule has 0 unspecified atom stereocenters. The minimum Gasteiger partial charge on any atom is -0.367 e. The Bertz CT molecular complexity index is 1200. The lowest BCUT2D eigenvalue weighted by Gasteiger charge is -2.39. The number of unbranched alkanes of at least 4 members (excludes halogenated alkanes) is 1. The zero-order valence-corrected chi connectivity index (χ0v) is 21.1. The molecule has 2 aliphatic rings. The predicted octanol–water partition coefficient (Wildman–Crippen LogP) is 6.10. The molecule has 0 saturated carbocycles. The molecule has 6 heteroatoms. The number of aryl methyl sites for hydroxylation is 1. The maximum absolute atomic E-state index is 12.8. The van der Waals surface area contributed by atoms with Gasteiger partial charge in [-0.25, -0.2) is 0 Å². The van der Waals surface area contributed by atoms with Gasteiger partial charge in [-0.3, -0.25) is 4.79 Å². The van der Waals surface area contributed by atoms with Crippen LogP contribution in [0.5, 0.6) is 0 Å². The summed E-state index contributed by atoms with van der Waals surface area (Å²) in [6, 6.07) is 18.8. The number of rotatable bonds is 6. The van der Waals surface area contributed by atoms with E-state index in [0.717, 1.165) is 79.4 Å². The summed E-state index contributed by atoms with van der Waals surface area (Å²) in [6.07, 6.45) is 3.84. The molecule has 1 amide bonds. The monoisotopic (exact) mass is 495 g/mol. The molecule has 5 rings (SSSR count). The summed E-state index contributed by atoms with van der Waals surface area (Å²) in [7, 11) is 0. The third-order valence-corrected chi connectivity index (χ3v) is 7.32. The van der Waals surface area contributed by atoms with Crippen LogP contribution in [0.25, 0.3) is 11.1 Å². The fraction of sp³-hybridized carbons (Fsp3) is 0.321. The molecule has 4 nitrogen and oxygen atoms in total. The van der Waals surface area contributed by atoms with Crippen molar-refractivity contribution in [1.29, 1.82) is 0 Å². The topological polar surface area (TPSA) is 49.6 Å². The van der Waals surface area contributed by atoms with E-state index in [4.69, 9.17) is 17.3 Å². The molecule has 1 fully saturated rings. The quantitative estimate of drug-likeness (QED) is 0.351. The fourth-order valence-corrected chi connectivity index (χ4v) is 5.63. The summed E-state index contributed by atoms with van der Waals surface area (Å²) in [4.78, 5) is 17.5. The highest BCUT2D eigenvalue weighted by atomic mass is 35.5. The number of para-hydroxylation sites is 1. The molecule has 1 aliphatic heterocycles. The Balaban J connectivity index is 0.00000274. The third kappa shape index (κ3) is 4.37. The van der Waals surface area contributed by atoms with Gasteiger partial charge in [0.15, 0.2) is 0 Å². The van der Waals surface area contributed by atoms with Crippen LogP contribution < -0.4 is 15.5 Å². The van der Waals surface area contributed by atoms with E-state index in [0.29, 0.717) is 0 Å². The molecule has 1 aliphatic carbocycles. The first-order valence-electron chi connectivity index (χ1n) is 11.9. The lowest BCUT2D eigenvalue weighted by Crippen LogP contribution is -2.47. The zero-order chi connectivity index (χ0) is 22.9. The van der Waals surface area contributed by atoms with E-state index in [1.54, 1.807) is 0 Å². The van der Waals surface area contributed by atoms with Crippen LogP contribution in [0, 0.1) is 0 Å². The molecule has 34 heavy (non-hydrogen) atoms. The summed E-state index contributed by atoms with van der Waals surface area (Å²) in [5.74, 6) is -0.316. The van der Waals surface area contributed by atoms with Crippen molar-refractivity contribution in [2.75, 3.05) is 36.0 Å². The number of hydrogen-bond donors (Lipinski definition) is 1. The van der Waals surface area contributed by atoms with Crippen LogP contribution in [-0.4, -0.2) is 32.1 Å². The standard InChI is InChI=1S/C28H30ClN3O.ClH/c1-2-3-8-20-18-22-21-10-5-4-9-19(21)17-23(22)27(26(20)28(30)33)32-15-13-31(14-16-32)25-12-7-6-11-24(25)29;/h4-7,9-12,18H,2-3,8,13-17H2,1H3,(H2,30,33);1H. The van der Waals surface area contributed by atoms with Crippen LogP contribution >= 0.6 is 24.0 Å². The molecular formula is C28H31Cl2N3O. The van der Waals surface area contributed by atoms with Crippen molar-refractivity contribution < 1.29 is 4.79 Å². The fourth-order valence-electron chi connectivity index (χ4n) is 5.38. The number of hydrogen-bond acceptors (Lipinski definition) is 3. The number of carbonyl (C=O) groups is 1. The second-order valence-corrected chi connectivity index (χ2v) is 9.42. The summed E-state index contributed by atoms with van der Waals surface area (Å²) in [5, 5.41) is 0.779. The van der Waals surface area contributed by atoms with Gasteiger partial charge >= 0.3 is 0 Å². The lowest BCUT2D eigenvalue weighted by atomic mass is 9.91. The normalized spacial score (nSPS) is 14.4. The lowest BCUT2D eigenvalue weighted by molar-refractivity contribution is 0.0999. The van der Waals surface area contributed by atoms with E-state index in [2.05, 4.69) is 53.1 Å². The number of nitrogens with zero attached hydrogens (tertiary/aromatic N) is 2. The maximum atomic E-state index is 12.8. The maximum Gasteiger partial charge on any atom is 0.251 e. The average molecular weight is 496 g/mol. The van der Waals surface area contributed by atoms with Crippen LogP contribution in [0.3, 0.4) is 0 Å². The highest BCUT2D eigenvalue weighted by Gasteiger charge is 2.31. The van der Waals surface area contributed by atoms with Crippen molar-refractivity contribution in [3.8, 4) is 11.1 Å². The Morgan fingerprint density at radius 2 is 1.65 bits per heavy atom. The van der Waals surface area contributed by atoms with Gasteiger partial charge in [0.1, 0.15) is 0 Å². The first kappa shape index (κ1) is 24.4. The molecule has 178 valence electrons. The van der Waals surface area contributed by atoms with E-state index in [9.17, 15) is 4.79 Å². The van der Waals surface area contributed by atoms with E-state index in [1.165, 1.54) is 22.3 Å². The Hall–Kier alpha value is -2.69. The predicted molar refractivity (Wildman–Crippen MR) is 145 cm³/mol. The molecule has 3 aromatic carbocycles. The van der Waals surface area contributed by atoms with Crippen LogP contribution in [0.1, 0.15) is 46.8 Å². The molecular weight excluding hydrogens is 465 g/mol. The van der Waals surface area contributed by atoms with Crippen LogP contribution in [0.4, 0.5) is 11.4 Å². The number of nitrogens with two attached hydrogens (primary N) is 1. The second-order valence-electron chi connectivity index (χ2n) is 9.01. The number of piperazine rings is 1. The summed E-state index contributed by atoms with van der Waals surface area (Å²) in [5.41, 5.74) is 15.1. The Kier molecular flexibility index (Phi) is 7.39. The number of halogens is 2. The second kappa shape index (κ2) is 10.3. The number of benzene rings is 3. The van der Waals surface area contributed by atoms with Crippen molar-refractivity contribution in [1.82, 2.24) is 0 Å². The minimum atomic E-state index is -0.316. The van der Waals surface area contributed by atoms with Gasteiger partial charge in [0, 0.05) is 32.6 Å². The van der Waals surface area contributed by atoms with Crippen LogP contribution in [-0.2, 0) is 12.8 Å². The van der Waals surface area contributed by atoms with Crippen molar-refractivity contribution in [3.05, 3.63) is 81.9 Å². The van der Waals surface area contributed by atoms with Gasteiger partial charge in [-0.15, -0.1) is 12.4 Å². The van der Waals surface area contributed by atoms with Gasteiger partial charge in [0.25, 0.3) is 5.91 Å². The molecule has 1 heterocycles. The van der Waals surface area contributed by atoms with Crippen molar-refractivity contribution in [2.45, 2.75) is 32.6 Å². The van der Waals surface area contributed by atoms with Crippen molar-refractivity contribution >= 4 is 41.3 Å². The minimum absolute atomic E-state index is 0. The number of anilines is 2. The molecule has 1 saturated heterocycles.